The van der Waals surface area contributed by atoms with Crippen LogP contribution in [-0.2, 0) is 21.1 Å². The van der Waals surface area contributed by atoms with Crippen molar-refractivity contribution in [3.8, 4) is 0 Å². The molecule has 0 unspecified atom stereocenters. The third-order valence-corrected chi connectivity index (χ3v) is 4.26. The van der Waals surface area contributed by atoms with Crippen LogP contribution < -0.4 is 5.32 Å². The summed E-state index contributed by atoms with van der Waals surface area (Å²) in [5, 5.41) is 10.3. The number of carbonyl (C=O) groups is 1. The van der Waals surface area contributed by atoms with E-state index >= 15 is 0 Å². The summed E-state index contributed by atoms with van der Waals surface area (Å²) in [6.07, 6.45) is -2.84. The minimum Gasteiger partial charge on any atom is -0.398 e. The Kier molecular flexibility index (Phi) is 8.09. The summed E-state index contributed by atoms with van der Waals surface area (Å²) in [6.45, 7) is 1.65. The third-order valence-electron chi connectivity index (χ3n) is 4.01. The van der Waals surface area contributed by atoms with Crippen molar-refractivity contribution in [2.75, 3.05) is 14.2 Å². The van der Waals surface area contributed by atoms with Crippen LogP contribution in [0.5, 0.6) is 0 Å². The summed E-state index contributed by atoms with van der Waals surface area (Å²) < 4.78 is 26.8. The Morgan fingerprint density at radius 1 is 1.17 bits per heavy atom. The molecule has 0 saturated carbocycles. The van der Waals surface area contributed by atoms with E-state index in [2.05, 4.69) is 15.6 Å². The first-order chi connectivity index (χ1) is 13.9. The summed E-state index contributed by atoms with van der Waals surface area (Å²) in [5.74, 6) is -0.461. The molecule has 6 nitrogen and oxygen atoms in total. The van der Waals surface area contributed by atoms with Gasteiger partial charge in [-0.1, -0.05) is 52.2 Å². The van der Waals surface area contributed by atoms with Crippen molar-refractivity contribution >= 4 is 28.9 Å². The highest BCUT2D eigenvalue weighted by Gasteiger charge is 2.20. The molecule has 0 aliphatic rings. The Labute approximate surface area is 172 Å². The second-order valence-corrected chi connectivity index (χ2v) is 6.30. The van der Waals surface area contributed by atoms with E-state index in [0.29, 0.717) is 16.1 Å². The van der Waals surface area contributed by atoms with Gasteiger partial charge in [0.2, 0.25) is 0 Å². The quantitative estimate of drug-likeness (QED) is 0.516. The normalized spacial score (nSPS) is 12.1. The number of aryl methyl sites for hydroxylation is 1. The Morgan fingerprint density at radius 2 is 1.86 bits per heavy atom. The average Bonchev–Trinajstić information content (AvgIpc) is 2.70. The van der Waals surface area contributed by atoms with Gasteiger partial charge < -0.3 is 15.0 Å². The smallest absolute Gasteiger partial charge is 0.284 e. The largest absolute Gasteiger partial charge is 0.398 e. The first-order valence-electron chi connectivity index (χ1n) is 8.55. The predicted molar refractivity (Wildman–Crippen MR) is 108 cm³/mol. The number of alkyl halides is 2. The maximum atomic E-state index is 13.4. The summed E-state index contributed by atoms with van der Waals surface area (Å²) >= 11 is 5.80. The lowest BCUT2D eigenvalue weighted by atomic mass is 9.98. The Morgan fingerprint density at radius 3 is 2.45 bits per heavy atom. The Bertz CT molecular complexity index is 916. The topological polar surface area (TPSA) is 72.3 Å². The molecule has 0 aliphatic heterocycles. The van der Waals surface area contributed by atoms with Crippen molar-refractivity contribution in [1.29, 1.82) is 0 Å². The zero-order chi connectivity index (χ0) is 21.4. The highest BCUT2D eigenvalue weighted by Crippen LogP contribution is 2.19. The summed E-state index contributed by atoms with van der Waals surface area (Å²) in [7, 11) is 2.78. The molecule has 0 radical (unpaired) electrons. The highest BCUT2D eigenvalue weighted by molar-refractivity contribution is 6.45. The van der Waals surface area contributed by atoms with Crippen LogP contribution in [0.3, 0.4) is 0 Å². The van der Waals surface area contributed by atoms with Gasteiger partial charge in [0.05, 0.1) is 0 Å². The molecule has 29 heavy (non-hydrogen) atoms. The fourth-order valence-corrected chi connectivity index (χ4v) is 2.67. The Balaban J connectivity index is 2.34. The Hall–Kier alpha value is -3.00. The maximum Gasteiger partial charge on any atom is 0.284 e. The van der Waals surface area contributed by atoms with Gasteiger partial charge in [0.25, 0.3) is 12.3 Å². The first kappa shape index (κ1) is 22.3. The average molecular weight is 424 g/mol. The summed E-state index contributed by atoms with van der Waals surface area (Å²) in [4.78, 5) is 22.2. The van der Waals surface area contributed by atoms with Gasteiger partial charge in [-0.25, -0.2) is 8.78 Å². The van der Waals surface area contributed by atoms with E-state index in [-0.39, 0.29) is 17.9 Å². The highest BCUT2D eigenvalue weighted by atomic mass is 35.5. The van der Waals surface area contributed by atoms with Gasteiger partial charge in [-0.05, 0) is 24.6 Å². The van der Waals surface area contributed by atoms with Crippen LogP contribution >= 0.6 is 11.6 Å². The van der Waals surface area contributed by atoms with Crippen molar-refractivity contribution in [3.63, 3.8) is 0 Å². The second kappa shape index (κ2) is 10.5. The molecule has 9 heteroatoms. The van der Waals surface area contributed by atoms with Crippen LogP contribution in [0, 0.1) is 6.92 Å². The lowest BCUT2D eigenvalue weighted by molar-refractivity contribution is -0.114. The molecule has 0 aliphatic carbocycles. The van der Waals surface area contributed by atoms with Crippen LogP contribution in [-0.4, -0.2) is 37.9 Å². The molecule has 0 bridgehead atoms. The lowest BCUT2D eigenvalue weighted by Gasteiger charge is -2.13. The number of rotatable bonds is 8. The zero-order valence-electron chi connectivity index (χ0n) is 16.1. The van der Waals surface area contributed by atoms with E-state index in [4.69, 9.17) is 21.3 Å². The SMILES string of the molecule is CNC(=O)/C(=N/OC)c1cccc(C)c1CO/N=C(/c1ccc(Cl)cc1)C(F)F. The van der Waals surface area contributed by atoms with Crippen molar-refractivity contribution < 1.29 is 23.3 Å². The first-order valence-corrected chi connectivity index (χ1v) is 8.92. The molecular weight excluding hydrogens is 404 g/mol. The molecule has 2 rings (SSSR count). The van der Waals surface area contributed by atoms with Crippen molar-refractivity contribution in [3.05, 3.63) is 69.7 Å². The van der Waals surface area contributed by atoms with Gasteiger partial charge in [-0.15, -0.1) is 0 Å². The number of amides is 1. The summed E-state index contributed by atoms with van der Waals surface area (Å²) in [6, 6.07) is 11.1. The minimum atomic E-state index is -2.84. The minimum absolute atomic E-state index is 0.0352. The van der Waals surface area contributed by atoms with Gasteiger partial charge in [0, 0.05) is 28.8 Å². The van der Waals surface area contributed by atoms with E-state index in [0.717, 1.165) is 5.56 Å². The van der Waals surface area contributed by atoms with Gasteiger partial charge in [0.1, 0.15) is 13.7 Å². The second-order valence-electron chi connectivity index (χ2n) is 5.86. The van der Waals surface area contributed by atoms with E-state index in [1.54, 1.807) is 25.1 Å². The summed E-state index contributed by atoms with van der Waals surface area (Å²) in [5.41, 5.74) is 1.51. The predicted octanol–water partition coefficient (Wildman–Crippen LogP) is 3.93. The van der Waals surface area contributed by atoms with E-state index < -0.39 is 18.0 Å². The van der Waals surface area contributed by atoms with Gasteiger partial charge in [0.15, 0.2) is 11.4 Å². The van der Waals surface area contributed by atoms with E-state index in [1.807, 2.05) is 0 Å². The van der Waals surface area contributed by atoms with E-state index in [1.165, 1.54) is 38.4 Å². The molecule has 0 spiro atoms. The fourth-order valence-electron chi connectivity index (χ4n) is 2.54. The number of nitrogens with zero attached hydrogens (tertiary/aromatic N) is 2. The number of benzene rings is 2. The molecule has 0 aromatic heterocycles. The molecule has 2 aromatic rings. The van der Waals surface area contributed by atoms with Crippen LogP contribution in [0.1, 0.15) is 22.3 Å². The molecule has 0 heterocycles. The molecule has 0 fully saturated rings. The van der Waals surface area contributed by atoms with Crippen LogP contribution in [0.2, 0.25) is 5.02 Å². The van der Waals surface area contributed by atoms with Crippen molar-refractivity contribution in [2.24, 2.45) is 10.3 Å². The van der Waals surface area contributed by atoms with Crippen molar-refractivity contribution in [2.45, 2.75) is 20.0 Å². The standard InChI is InChI=1S/C20H20ClF2N3O3/c1-12-5-4-6-15(18(25-28-3)20(27)24-2)16(12)11-29-26-17(19(22)23)13-7-9-14(21)10-8-13/h4-10,19H,11H2,1-3H3,(H,24,27)/b25-18+,26-17-. The number of halogens is 3. The molecular formula is C20H20ClF2N3O3. The number of carbonyl (C=O) groups excluding carboxylic acids is 1. The van der Waals surface area contributed by atoms with Crippen molar-refractivity contribution in [1.82, 2.24) is 5.32 Å². The molecule has 0 atom stereocenters. The number of nitrogens with one attached hydrogen (secondary N) is 1. The lowest BCUT2D eigenvalue weighted by Crippen LogP contribution is -2.29. The molecule has 1 N–H and O–H groups in total. The number of oxime groups is 2. The van der Waals surface area contributed by atoms with Gasteiger partial charge in [-0.3, -0.25) is 4.79 Å². The van der Waals surface area contributed by atoms with Crippen LogP contribution in [0.15, 0.2) is 52.8 Å². The van der Waals surface area contributed by atoms with Crippen LogP contribution in [0.25, 0.3) is 0 Å². The third kappa shape index (κ3) is 5.74. The van der Waals surface area contributed by atoms with Crippen LogP contribution in [0.4, 0.5) is 8.78 Å². The van der Waals surface area contributed by atoms with E-state index in [9.17, 15) is 13.6 Å². The van der Waals surface area contributed by atoms with Gasteiger partial charge >= 0.3 is 0 Å². The maximum absolute atomic E-state index is 13.4. The monoisotopic (exact) mass is 423 g/mol. The number of likely N-dealkylation sites (N-methyl/N-ethyl adjacent to an activating group) is 1. The molecule has 0 saturated heterocycles. The van der Waals surface area contributed by atoms with Gasteiger partial charge in [-0.2, -0.15) is 0 Å². The zero-order valence-corrected chi connectivity index (χ0v) is 16.8. The fraction of sp³-hybridized carbons (Fsp3) is 0.250. The molecule has 1 amide bonds. The molecule has 2 aromatic carbocycles. The number of hydrogen-bond acceptors (Lipinski definition) is 5. The number of hydrogen-bond donors (Lipinski definition) is 1. The molecule has 154 valence electrons.